The van der Waals surface area contributed by atoms with E-state index in [4.69, 9.17) is 10.5 Å². The molecular weight excluding hydrogens is 278 g/mol. The van der Waals surface area contributed by atoms with Crippen LogP contribution in [0.25, 0.3) is 22.3 Å². The Labute approximate surface area is 128 Å². The average molecular weight is 295 g/mol. The van der Waals surface area contributed by atoms with Gasteiger partial charge in [0.1, 0.15) is 5.75 Å². The predicted molar refractivity (Wildman–Crippen MR) is 90.9 cm³/mol. The van der Waals surface area contributed by atoms with Crippen LogP contribution >= 0.6 is 11.3 Å². The van der Waals surface area contributed by atoms with Gasteiger partial charge < -0.3 is 10.5 Å². The second kappa shape index (κ2) is 5.62. The molecule has 0 aliphatic carbocycles. The summed E-state index contributed by atoms with van der Waals surface area (Å²) in [5, 5.41) is 0.879. The lowest BCUT2D eigenvalue weighted by Crippen LogP contribution is -1.85. The van der Waals surface area contributed by atoms with Crippen molar-refractivity contribution in [1.82, 2.24) is 0 Å². The molecule has 1 heterocycles. The molecule has 3 rings (SSSR count). The van der Waals surface area contributed by atoms with E-state index in [2.05, 4.69) is 49.4 Å². The van der Waals surface area contributed by atoms with Gasteiger partial charge in [-0.25, -0.2) is 0 Å². The van der Waals surface area contributed by atoms with E-state index in [-0.39, 0.29) is 0 Å². The van der Waals surface area contributed by atoms with Crippen LogP contribution in [0.3, 0.4) is 0 Å². The Balaban J connectivity index is 1.91. The van der Waals surface area contributed by atoms with Gasteiger partial charge in [-0.3, -0.25) is 0 Å². The topological polar surface area (TPSA) is 35.2 Å². The van der Waals surface area contributed by atoms with E-state index in [1.165, 1.54) is 16.0 Å². The van der Waals surface area contributed by atoms with Crippen molar-refractivity contribution in [2.45, 2.75) is 6.92 Å². The van der Waals surface area contributed by atoms with Gasteiger partial charge in [-0.15, -0.1) is 11.3 Å². The maximum atomic E-state index is 6.06. The maximum absolute atomic E-state index is 6.06. The first-order chi connectivity index (χ1) is 10.2. The van der Waals surface area contributed by atoms with Crippen LogP contribution in [-0.4, -0.2) is 7.11 Å². The van der Waals surface area contributed by atoms with Crippen LogP contribution in [0.4, 0.5) is 5.00 Å². The molecule has 0 radical (unpaired) electrons. The van der Waals surface area contributed by atoms with Crippen LogP contribution in [0.2, 0.25) is 0 Å². The molecule has 0 fully saturated rings. The monoisotopic (exact) mass is 295 g/mol. The van der Waals surface area contributed by atoms with Crippen LogP contribution < -0.4 is 10.5 Å². The number of nitrogens with two attached hydrogens (primary N) is 1. The Hall–Kier alpha value is -2.26. The lowest BCUT2D eigenvalue weighted by molar-refractivity contribution is 0.415. The molecule has 0 spiro atoms. The zero-order valence-electron chi connectivity index (χ0n) is 12.1. The zero-order valence-corrected chi connectivity index (χ0v) is 12.9. The Morgan fingerprint density at radius 2 is 1.38 bits per heavy atom. The van der Waals surface area contributed by atoms with Gasteiger partial charge in [-0.05, 0) is 41.8 Å². The van der Waals surface area contributed by atoms with Crippen LogP contribution in [0.1, 0.15) is 4.88 Å². The first kappa shape index (κ1) is 13.7. The molecule has 3 aromatic rings. The predicted octanol–water partition coefficient (Wildman–Crippen LogP) is 4.98. The van der Waals surface area contributed by atoms with E-state index in [0.717, 1.165) is 21.9 Å². The quantitative estimate of drug-likeness (QED) is 0.739. The molecule has 1 aromatic heterocycles. The molecule has 2 aromatic carbocycles. The molecule has 2 N–H and O–H groups in total. The van der Waals surface area contributed by atoms with Crippen LogP contribution in [0.5, 0.6) is 5.75 Å². The van der Waals surface area contributed by atoms with Gasteiger partial charge in [0.15, 0.2) is 0 Å². The summed E-state index contributed by atoms with van der Waals surface area (Å²) in [5.41, 5.74) is 10.7. The van der Waals surface area contributed by atoms with Crippen molar-refractivity contribution in [2.24, 2.45) is 0 Å². The maximum Gasteiger partial charge on any atom is 0.118 e. The highest BCUT2D eigenvalue weighted by Crippen LogP contribution is 2.34. The first-order valence-corrected chi connectivity index (χ1v) is 7.60. The summed E-state index contributed by atoms with van der Waals surface area (Å²) < 4.78 is 5.18. The summed E-state index contributed by atoms with van der Waals surface area (Å²) in [4.78, 5) is 1.24. The molecule has 0 aliphatic rings. The van der Waals surface area contributed by atoms with Crippen molar-refractivity contribution >= 4 is 16.3 Å². The molecule has 2 nitrogen and oxygen atoms in total. The van der Waals surface area contributed by atoms with Crippen molar-refractivity contribution in [2.75, 3.05) is 12.8 Å². The van der Waals surface area contributed by atoms with Crippen molar-refractivity contribution in [3.8, 4) is 28.0 Å². The van der Waals surface area contributed by atoms with E-state index in [9.17, 15) is 0 Å². The second-order valence-electron chi connectivity index (χ2n) is 4.94. The van der Waals surface area contributed by atoms with Gasteiger partial charge in [-0.2, -0.15) is 0 Å². The number of nitrogen functional groups attached to an aromatic ring is 1. The summed E-state index contributed by atoms with van der Waals surface area (Å²) in [6.07, 6.45) is 0. The fourth-order valence-corrected chi connectivity index (χ4v) is 3.19. The number of methoxy groups -OCH3 is 1. The fraction of sp³-hybridized carbons (Fsp3) is 0.111. The molecule has 0 amide bonds. The first-order valence-electron chi connectivity index (χ1n) is 6.78. The van der Waals surface area contributed by atoms with Gasteiger partial charge >= 0.3 is 0 Å². The van der Waals surface area contributed by atoms with E-state index in [0.29, 0.717) is 0 Å². The number of ether oxygens (including phenoxy) is 1. The molecule has 0 bridgehead atoms. The number of anilines is 1. The molecule has 0 saturated heterocycles. The number of thiophene rings is 1. The fourth-order valence-electron chi connectivity index (χ4n) is 2.38. The van der Waals surface area contributed by atoms with Crippen molar-refractivity contribution < 1.29 is 4.74 Å². The van der Waals surface area contributed by atoms with Crippen LogP contribution in [-0.2, 0) is 0 Å². The Kier molecular flexibility index (Phi) is 3.67. The van der Waals surface area contributed by atoms with Gasteiger partial charge in [0, 0.05) is 10.4 Å². The molecule has 3 heteroatoms. The Morgan fingerprint density at radius 3 is 1.86 bits per heavy atom. The smallest absolute Gasteiger partial charge is 0.118 e. The van der Waals surface area contributed by atoms with Crippen LogP contribution in [0, 0.1) is 6.92 Å². The highest BCUT2D eigenvalue weighted by atomic mass is 32.1. The summed E-state index contributed by atoms with van der Waals surface area (Å²) in [6, 6.07) is 18.7. The number of hydrogen-bond acceptors (Lipinski definition) is 3. The third kappa shape index (κ3) is 2.78. The highest BCUT2D eigenvalue weighted by molar-refractivity contribution is 7.16. The normalized spacial score (nSPS) is 10.6. The van der Waals surface area contributed by atoms with Gasteiger partial charge in [0.2, 0.25) is 0 Å². The zero-order chi connectivity index (χ0) is 14.8. The molecule has 0 saturated carbocycles. The molecule has 106 valence electrons. The lowest BCUT2D eigenvalue weighted by Gasteiger charge is -2.06. The Bertz CT molecular complexity index is 742. The van der Waals surface area contributed by atoms with Gasteiger partial charge in [0.05, 0.1) is 12.1 Å². The van der Waals surface area contributed by atoms with Gasteiger partial charge in [0.25, 0.3) is 0 Å². The molecule has 0 unspecified atom stereocenters. The average Bonchev–Trinajstić information content (AvgIpc) is 2.86. The lowest BCUT2D eigenvalue weighted by atomic mass is 10.0. The van der Waals surface area contributed by atoms with E-state index >= 15 is 0 Å². The standard InChI is InChI=1S/C18H17NOS/c1-12-11-17(18(19)21-12)15-5-3-13(4-6-15)14-7-9-16(20-2)10-8-14/h3-11H,19H2,1-2H3. The number of benzene rings is 2. The molecule has 0 aliphatic heterocycles. The summed E-state index contributed by atoms with van der Waals surface area (Å²) in [6.45, 7) is 2.08. The summed E-state index contributed by atoms with van der Waals surface area (Å²) in [5.74, 6) is 0.872. The van der Waals surface area contributed by atoms with Crippen LogP contribution in [0.15, 0.2) is 54.6 Å². The minimum Gasteiger partial charge on any atom is -0.497 e. The van der Waals surface area contributed by atoms with Crippen molar-refractivity contribution in [1.29, 1.82) is 0 Å². The minimum absolute atomic E-state index is 0.872. The van der Waals surface area contributed by atoms with E-state index in [1.54, 1.807) is 18.4 Å². The van der Waals surface area contributed by atoms with E-state index in [1.807, 2.05) is 12.1 Å². The SMILES string of the molecule is COc1ccc(-c2ccc(-c3cc(C)sc3N)cc2)cc1. The highest BCUT2D eigenvalue weighted by Gasteiger charge is 2.06. The third-order valence-electron chi connectivity index (χ3n) is 3.50. The van der Waals surface area contributed by atoms with E-state index < -0.39 is 0 Å². The van der Waals surface area contributed by atoms with Crippen molar-refractivity contribution in [3.63, 3.8) is 0 Å². The Morgan fingerprint density at radius 1 is 0.857 bits per heavy atom. The minimum atomic E-state index is 0.872. The largest absolute Gasteiger partial charge is 0.497 e. The molecule has 0 atom stereocenters. The summed E-state index contributed by atoms with van der Waals surface area (Å²) in [7, 11) is 1.68. The molecule has 21 heavy (non-hydrogen) atoms. The number of aryl methyl sites for hydroxylation is 1. The summed E-state index contributed by atoms with van der Waals surface area (Å²) >= 11 is 1.63. The third-order valence-corrected chi connectivity index (χ3v) is 4.38. The van der Waals surface area contributed by atoms with Gasteiger partial charge in [-0.1, -0.05) is 36.4 Å². The van der Waals surface area contributed by atoms with Crippen molar-refractivity contribution in [3.05, 3.63) is 59.5 Å². The second-order valence-corrected chi connectivity index (χ2v) is 6.23. The number of rotatable bonds is 3. The molecular formula is C18H17NOS. The number of hydrogen-bond donors (Lipinski definition) is 1.